The fourth-order valence-corrected chi connectivity index (χ4v) is 14.3. The lowest BCUT2D eigenvalue weighted by atomic mass is 9.80. The van der Waals surface area contributed by atoms with E-state index in [9.17, 15) is 0 Å². The first-order valence-electron chi connectivity index (χ1n) is 21.5. The molecule has 0 unspecified atom stereocenters. The summed E-state index contributed by atoms with van der Waals surface area (Å²) in [5.74, 6) is 0. The lowest BCUT2D eigenvalue weighted by Crippen LogP contribution is -2.49. The molecule has 0 aliphatic carbocycles. The van der Waals surface area contributed by atoms with E-state index in [0.29, 0.717) is 0 Å². The van der Waals surface area contributed by atoms with Crippen LogP contribution >= 0.6 is 0 Å². The molecule has 1 heteroatoms. The third-order valence-electron chi connectivity index (χ3n) is 14.0. The largest absolute Gasteiger partial charge is 0.113 e. The zero-order chi connectivity index (χ0) is 40.4. The van der Waals surface area contributed by atoms with Crippen molar-refractivity contribution in [1.29, 1.82) is 0 Å². The molecule has 0 nitrogen and oxygen atoms in total. The van der Waals surface area contributed by atoms with E-state index in [0.717, 1.165) is 0 Å². The third-order valence-corrected chi connectivity index (χ3v) is 17.5. The van der Waals surface area contributed by atoms with Crippen LogP contribution in [0.3, 0.4) is 0 Å². The molecule has 1 aliphatic heterocycles. The average Bonchev–Trinajstić information content (AvgIpc) is 3.55. The van der Waals surface area contributed by atoms with Gasteiger partial charge in [0.1, 0.15) is 8.07 Å². The van der Waals surface area contributed by atoms with Gasteiger partial charge in [-0.2, -0.15) is 0 Å². The van der Waals surface area contributed by atoms with Crippen LogP contribution in [0.2, 0.25) is 13.1 Å². The standard InChI is InChI=1S/C60H40Si/c1-61(2)54-33-30-41(36-53(54)58-52-31-29-38-16-5-6-18-42(38)43(52)32-34-55(58)61)57-46-21-9-13-25-50(46)60(51-26-14-10-22-47(51)57)59-48-23-11-7-19-44(48)56(45-20-8-12-24-49(45)59)40-28-27-37-15-3-4-17-39(37)35-40/h3-36H,1-2H3. The summed E-state index contributed by atoms with van der Waals surface area (Å²) in [5.41, 5.74) is 10.5. The molecular weight excluding hydrogens is 749 g/mol. The van der Waals surface area contributed by atoms with E-state index in [4.69, 9.17) is 0 Å². The molecule has 0 spiro atoms. The second-order valence-corrected chi connectivity index (χ2v) is 21.8. The van der Waals surface area contributed by atoms with Crippen molar-refractivity contribution >= 4 is 93.9 Å². The Morgan fingerprint density at radius 1 is 0.246 bits per heavy atom. The van der Waals surface area contributed by atoms with Crippen molar-refractivity contribution in [3.05, 3.63) is 206 Å². The molecular formula is C60H40Si. The Labute approximate surface area is 356 Å². The molecule has 0 bridgehead atoms. The van der Waals surface area contributed by atoms with E-state index in [-0.39, 0.29) is 0 Å². The third kappa shape index (κ3) is 4.87. The molecule has 12 aromatic carbocycles. The molecule has 0 saturated heterocycles. The van der Waals surface area contributed by atoms with Gasteiger partial charge in [-0.1, -0.05) is 207 Å². The minimum atomic E-state index is -1.95. The van der Waals surface area contributed by atoms with Gasteiger partial charge in [0.2, 0.25) is 0 Å². The second kappa shape index (κ2) is 12.8. The van der Waals surface area contributed by atoms with Crippen LogP contribution in [0.1, 0.15) is 0 Å². The van der Waals surface area contributed by atoms with Crippen molar-refractivity contribution in [2.45, 2.75) is 13.1 Å². The Morgan fingerprint density at radius 2 is 0.623 bits per heavy atom. The van der Waals surface area contributed by atoms with Gasteiger partial charge in [0.25, 0.3) is 0 Å². The summed E-state index contributed by atoms with van der Waals surface area (Å²) >= 11 is 0. The lowest BCUT2D eigenvalue weighted by Gasteiger charge is -2.22. The maximum Gasteiger partial charge on any atom is 0.113 e. The summed E-state index contributed by atoms with van der Waals surface area (Å²) in [4.78, 5) is 0. The number of hydrogen-bond donors (Lipinski definition) is 0. The predicted molar refractivity (Wildman–Crippen MR) is 267 cm³/mol. The Morgan fingerprint density at radius 3 is 1.18 bits per heavy atom. The van der Waals surface area contributed by atoms with Crippen LogP contribution in [-0.4, -0.2) is 8.07 Å². The van der Waals surface area contributed by atoms with Gasteiger partial charge in [0.05, 0.1) is 0 Å². The Bertz CT molecular complexity index is 3740. The topological polar surface area (TPSA) is 0 Å². The van der Waals surface area contributed by atoms with Gasteiger partial charge in [0, 0.05) is 0 Å². The van der Waals surface area contributed by atoms with E-state index >= 15 is 0 Å². The van der Waals surface area contributed by atoms with Gasteiger partial charge < -0.3 is 0 Å². The zero-order valence-corrected chi connectivity index (χ0v) is 35.1. The van der Waals surface area contributed by atoms with Crippen LogP contribution < -0.4 is 10.4 Å². The summed E-state index contributed by atoms with van der Waals surface area (Å²) in [6.07, 6.45) is 0. The maximum atomic E-state index is 2.54. The van der Waals surface area contributed by atoms with E-state index in [2.05, 4.69) is 219 Å². The number of hydrogen-bond acceptors (Lipinski definition) is 0. The summed E-state index contributed by atoms with van der Waals surface area (Å²) in [6, 6.07) is 77.9. The van der Waals surface area contributed by atoms with Gasteiger partial charge >= 0.3 is 0 Å². The fourth-order valence-electron chi connectivity index (χ4n) is 11.3. The first-order valence-corrected chi connectivity index (χ1v) is 24.5. The van der Waals surface area contributed by atoms with Crippen molar-refractivity contribution in [2.24, 2.45) is 0 Å². The molecule has 0 fully saturated rings. The first-order chi connectivity index (χ1) is 30.0. The number of fused-ring (bicyclic) bond motifs is 12. The van der Waals surface area contributed by atoms with Gasteiger partial charge in [-0.05, 0) is 142 Å². The predicted octanol–water partition coefficient (Wildman–Crippen LogP) is 15.6. The van der Waals surface area contributed by atoms with Crippen LogP contribution in [0.15, 0.2) is 206 Å². The summed E-state index contributed by atoms with van der Waals surface area (Å²) in [7, 11) is -1.95. The fraction of sp³-hybridized carbons (Fsp3) is 0.0333. The molecule has 0 aromatic heterocycles. The molecule has 0 N–H and O–H groups in total. The maximum absolute atomic E-state index is 2.54. The monoisotopic (exact) mass is 788 g/mol. The summed E-state index contributed by atoms with van der Waals surface area (Å²) in [5, 5.41) is 21.1. The second-order valence-electron chi connectivity index (χ2n) is 17.5. The van der Waals surface area contributed by atoms with Crippen LogP contribution in [0, 0.1) is 0 Å². The van der Waals surface area contributed by atoms with Crippen molar-refractivity contribution in [3.8, 4) is 44.5 Å². The molecule has 1 aliphatic rings. The normalized spacial score (nSPS) is 13.2. The van der Waals surface area contributed by atoms with Crippen LogP contribution in [-0.2, 0) is 0 Å². The highest BCUT2D eigenvalue weighted by atomic mass is 28.3. The zero-order valence-electron chi connectivity index (χ0n) is 34.1. The average molecular weight is 789 g/mol. The lowest BCUT2D eigenvalue weighted by molar-refractivity contribution is 1.67. The molecule has 12 aromatic rings. The number of rotatable bonds is 3. The van der Waals surface area contributed by atoms with E-state index in [1.807, 2.05) is 0 Å². The minimum Gasteiger partial charge on any atom is -0.0616 e. The Balaban J connectivity index is 1.10. The Hall–Kier alpha value is -7.32. The summed E-state index contributed by atoms with van der Waals surface area (Å²) < 4.78 is 0. The number of benzene rings is 12. The minimum absolute atomic E-state index is 1.24. The molecule has 61 heavy (non-hydrogen) atoms. The van der Waals surface area contributed by atoms with Crippen LogP contribution in [0.4, 0.5) is 0 Å². The summed E-state index contributed by atoms with van der Waals surface area (Å²) in [6.45, 7) is 5.06. The molecule has 0 atom stereocenters. The first kappa shape index (κ1) is 34.5. The SMILES string of the molecule is C[Si]1(C)c2ccc(-c3c4ccccc4c(-c4c5ccccc5c(-c5ccc6ccccc6c5)c5ccccc45)c4ccccc34)cc2-c2c1ccc1c2ccc2ccccc21. The molecule has 1 heterocycles. The molecule has 284 valence electrons. The van der Waals surface area contributed by atoms with Gasteiger partial charge in [-0.3, -0.25) is 0 Å². The van der Waals surface area contributed by atoms with Gasteiger partial charge in [-0.15, -0.1) is 0 Å². The molecule has 0 saturated carbocycles. The highest BCUT2D eigenvalue weighted by Crippen LogP contribution is 2.51. The smallest absolute Gasteiger partial charge is 0.0616 e. The van der Waals surface area contributed by atoms with Crippen molar-refractivity contribution in [1.82, 2.24) is 0 Å². The highest BCUT2D eigenvalue weighted by Gasteiger charge is 2.38. The Kier molecular flexibility index (Phi) is 7.27. The van der Waals surface area contributed by atoms with Crippen LogP contribution in [0.25, 0.3) is 120 Å². The van der Waals surface area contributed by atoms with E-state index in [1.54, 1.807) is 5.19 Å². The molecule has 0 amide bonds. The van der Waals surface area contributed by atoms with E-state index < -0.39 is 8.07 Å². The highest BCUT2D eigenvalue weighted by molar-refractivity contribution is 7.04. The van der Waals surface area contributed by atoms with Crippen molar-refractivity contribution in [3.63, 3.8) is 0 Å². The van der Waals surface area contributed by atoms with Gasteiger partial charge in [0.15, 0.2) is 0 Å². The molecule has 13 rings (SSSR count). The quantitative estimate of drug-likeness (QED) is 0.0950. The molecule has 0 radical (unpaired) electrons. The van der Waals surface area contributed by atoms with E-state index in [1.165, 1.54) is 125 Å². The van der Waals surface area contributed by atoms with Crippen molar-refractivity contribution in [2.75, 3.05) is 0 Å². The van der Waals surface area contributed by atoms with Crippen LogP contribution in [0.5, 0.6) is 0 Å². The van der Waals surface area contributed by atoms with Gasteiger partial charge in [-0.25, -0.2) is 0 Å². The van der Waals surface area contributed by atoms with Crippen molar-refractivity contribution < 1.29 is 0 Å².